The number of carboxylic acids is 1. The molecule has 2 fully saturated rings. The van der Waals surface area contributed by atoms with E-state index in [0.29, 0.717) is 12.4 Å². The second-order valence-electron chi connectivity index (χ2n) is 13.9. The summed E-state index contributed by atoms with van der Waals surface area (Å²) in [5.41, 5.74) is -11.2. The molecule has 0 saturated carbocycles. The monoisotopic (exact) mass is 1040 g/mol. The van der Waals surface area contributed by atoms with Crippen LogP contribution in [0.4, 0.5) is 64.6 Å². The molecule has 1 N–H and O–H groups in total. The predicted octanol–water partition coefficient (Wildman–Crippen LogP) is 12.2. The number of carbonyl (C=O) groups is 2. The van der Waals surface area contributed by atoms with Crippen molar-refractivity contribution in [3.63, 3.8) is 0 Å². The number of hydrogen-bond acceptors (Lipinski definition) is 9. The zero-order chi connectivity index (χ0) is 48.1. The topological polar surface area (TPSA) is 122 Å². The highest BCUT2D eigenvalue weighted by molar-refractivity contribution is 6.48. The average Bonchev–Trinajstić information content (AvgIpc) is 3.86. The van der Waals surface area contributed by atoms with Gasteiger partial charge in [-0.15, -0.1) is 0 Å². The first-order chi connectivity index (χ1) is 29.4. The third kappa shape index (κ3) is 10.1. The van der Waals surface area contributed by atoms with Gasteiger partial charge in [0.1, 0.15) is 22.0 Å². The molecular weight excluding hydrogens is 1020 g/mol. The number of aromatic nitrogens is 4. The Morgan fingerprint density at radius 1 is 0.641 bits per heavy atom. The molecule has 2 saturated heterocycles. The summed E-state index contributed by atoms with van der Waals surface area (Å²) >= 11 is 35.2. The van der Waals surface area contributed by atoms with Crippen LogP contribution >= 0.6 is 69.6 Å². The minimum Gasteiger partial charge on any atom is -0.478 e. The molecule has 0 aliphatic carbocycles. The number of aromatic carboxylic acids is 1. The molecule has 0 radical (unpaired) electrons. The largest absolute Gasteiger partial charge is 0.478 e. The molecule has 0 bridgehead atoms. The van der Waals surface area contributed by atoms with E-state index in [9.17, 15) is 62.3 Å². The lowest BCUT2D eigenvalue weighted by molar-refractivity contribution is -0.185. The van der Waals surface area contributed by atoms with Gasteiger partial charge < -0.3 is 19.6 Å². The van der Waals surface area contributed by atoms with Gasteiger partial charge in [0.2, 0.25) is 11.9 Å². The van der Waals surface area contributed by atoms with E-state index in [1.54, 1.807) is 0 Å². The number of halogens is 18. The number of carboxylic acid groups (broad SMARTS) is 1. The van der Waals surface area contributed by atoms with E-state index in [-0.39, 0.29) is 61.0 Å². The normalized spacial score (nSPS) is 19.4. The number of anilines is 2. The molecule has 28 heteroatoms. The Balaban J connectivity index is 0.000000241. The standard InChI is InChI=1S/C19H14Cl3F6N3O2.C17H10Cl3F6N3O2/c1-2-33-15(32)10-7-29-16(30-14(10)18(23,24)25)31-4-3-17(8-31,19(26,27)28)9-5-11(20)13(22)12(21)6-9;18-9-3-7(4-10(19)11(9)20)15(17(24,25)26)1-2-29(6-15)14-27-5-8(13(30)31)12(28-14)16(21,22)23/h5-7H,2-4,8H2,1H3;3-5H,1-2,6H2,(H,30,31). The number of alkyl halides is 12. The van der Waals surface area contributed by atoms with Gasteiger partial charge in [-0.2, -0.15) is 52.7 Å². The average molecular weight is 1050 g/mol. The third-order valence-corrected chi connectivity index (χ3v) is 12.5. The highest BCUT2D eigenvalue weighted by Gasteiger charge is 2.61. The fourth-order valence-electron chi connectivity index (χ4n) is 6.88. The van der Waals surface area contributed by atoms with Crippen molar-refractivity contribution < 1.29 is 72.1 Å². The van der Waals surface area contributed by atoms with Gasteiger partial charge in [-0.25, -0.2) is 29.5 Å². The van der Waals surface area contributed by atoms with E-state index < -0.39 is 108 Å². The van der Waals surface area contributed by atoms with Crippen LogP contribution in [-0.4, -0.2) is 82.1 Å². The fourth-order valence-corrected chi connectivity index (χ4v) is 8.07. The van der Waals surface area contributed by atoms with Crippen LogP contribution in [0.25, 0.3) is 0 Å². The van der Waals surface area contributed by atoms with Gasteiger partial charge in [0.05, 0.1) is 36.7 Å². The third-order valence-electron chi connectivity index (χ3n) is 10.1. The lowest BCUT2D eigenvalue weighted by Crippen LogP contribution is -2.45. The van der Waals surface area contributed by atoms with Crippen LogP contribution < -0.4 is 9.80 Å². The van der Waals surface area contributed by atoms with Crippen LogP contribution in [0.15, 0.2) is 36.7 Å². The molecular formula is C36H24Cl6F12N6O4. The minimum absolute atomic E-state index is 0.123. The van der Waals surface area contributed by atoms with E-state index in [4.69, 9.17) is 74.7 Å². The Hall–Kier alpha value is -3.96. The summed E-state index contributed by atoms with van der Waals surface area (Å²) in [6.45, 7) is -1.12. The Morgan fingerprint density at radius 3 is 1.30 bits per heavy atom. The quantitative estimate of drug-likeness (QED) is 0.109. The first-order valence-corrected chi connectivity index (χ1v) is 19.9. The van der Waals surface area contributed by atoms with Crippen molar-refractivity contribution in [1.82, 2.24) is 19.9 Å². The molecule has 348 valence electrons. The predicted molar refractivity (Wildman–Crippen MR) is 209 cm³/mol. The van der Waals surface area contributed by atoms with E-state index in [1.807, 2.05) is 0 Å². The summed E-state index contributed by atoms with van der Waals surface area (Å²) in [7, 11) is 0. The zero-order valence-corrected chi connectivity index (χ0v) is 36.1. The number of hydrogen-bond donors (Lipinski definition) is 1. The molecule has 2 aromatic heterocycles. The van der Waals surface area contributed by atoms with Crippen molar-refractivity contribution in [2.75, 3.05) is 42.6 Å². The number of nitrogens with zero attached hydrogens (tertiary/aromatic N) is 6. The maximum atomic E-state index is 14.3. The molecule has 64 heavy (non-hydrogen) atoms. The van der Waals surface area contributed by atoms with Gasteiger partial charge in [0, 0.05) is 38.6 Å². The Labute approximate surface area is 382 Å². The number of esters is 1. The Kier molecular flexibility index (Phi) is 14.7. The van der Waals surface area contributed by atoms with E-state index in [1.165, 1.54) is 6.92 Å². The van der Waals surface area contributed by atoms with Crippen LogP contribution in [0, 0.1) is 0 Å². The summed E-state index contributed by atoms with van der Waals surface area (Å²) in [6.07, 6.45) is -20.0. The lowest BCUT2D eigenvalue weighted by atomic mass is 9.79. The van der Waals surface area contributed by atoms with E-state index >= 15 is 0 Å². The molecule has 2 unspecified atom stereocenters. The highest BCUT2D eigenvalue weighted by Crippen LogP contribution is 2.52. The zero-order valence-electron chi connectivity index (χ0n) is 31.6. The van der Waals surface area contributed by atoms with Gasteiger partial charge >= 0.3 is 36.6 Å². The summed E-state index contributed by atoms with van der Waals surface area (Å²) in [6, 6.07) is 4.06. The minimum atomic E-state index is -5.15. The van der Waals surface area contributed by atoms with E-state index in [2.05, 4.69) is 24.7 Å². The molecule has 2 aliphatic heterocycles. The number of carbonyl (C=O) groups excluding carboxylic acids is 1. The molecule has 4 aromatic rings. The van der Waals surface area contributed by atoms with Crippen molar-refractivity contribution in [1.29, 1.82) is 0 Å². The first-order valence-electron chi connectivity index (χ1n) is 17.6. The molecule has 0 amide bonds. The van der Waals surface area contributed by atoms with Crippen LogP contribution in [0.5, 0.6) is 0 Å². The smallest absolute Gasteiger partial charge is 0.434 e. The van der Waals surface area contributed by atoms with Crippen molar-refractivity contribution in [2.24, 2.45) is 0 Å². The maximum absolute atomic E-state index is 14.3. The second kappa shape index (κ2) is 18.4. The van der Waals surface area contributed by atoms with Crippen LogP contribution in [0.3, 0.4) is 0 Å². The maximum Gasteiger partial charge on any atom is 0.434 e. The Morgan fingerprint density at radius 2 is 0.984 bits per heavy atom. The SMILES string of the molecule is CCOC(=O)c1cnc(N2CCC(c3cc(Cl)c(Cl)c(Cl)c3)(C(F)(F)F)C2)nc1C(F)(F)F.O=C(O)c1cnc(N2CCC(c3cc(Cl)c(Cl)c(Cl)c3)(C(F)(F)F)C2)nc1C(F)(F)F. The van der Waals surface area contributed by atoms with Gasteiger partial charge in [-0.3, -0.25) is 0 Å². The van der Waals surface area contributed by atoms with Gasteiger partial charge in [-0.05, 0) is 55.2 Å². The van der Waals surface area contributed by atoms with Crippen LogP contribution in [-0.2, 0) is 27.9 Å². The highest BCUT2D eigenvalue weighted by atomic mass is 35.5. The van der Waals surface area contributed by atoms with Crippen molar-refractivity contribution in [2.45, 2.75) is 55.3 Å². The van der Waals surface area contributed by atoms with Crippen molar-refractivity contribution >= 4 is 93.4 Å². The van der Waals surface area contributed by atoms with Gasteiger partial charge in [0.15, 0.2) is 11.4 Å². The van der Waals surface area contributed by atoms with Gasteiger partial charge in [-0.1, -0.05) is 69.6 Å². The second-order valence-corrected chi connectivity index (χ2v) is 16.3. The summed E-state index contributed by atoms with van der Waals surface area (Å²) in [5.74, 6) is -4.52. The van der Waals surface area contributed by atoms with E-state index in [0.717, 1.165) is 34.1 Å². The number of benzene rings is 2. The lowest BCUT2D eigenvalue weighted by Gasteiger charge is -2.32. The number of rotatable bonds is 7. The molecule has 2 atom stereocenters. The van der Waals surface area contributed by atoms with Crippen molar-refractivity contribution in [3.05, 3.63) is 100 Å². The number of ether oxygens (including phenoxy) is 1. The summed E-state index contributed by atoms with van der Waals surface area (Å²) < 4.78 is 170. The first kappa shape index (κ1) is 51.0. The van der Waals surface area contributed by atoms with Gasteiger partial charge in [0.25, 0.3) is 0 Å². The van der Waals surface area contributed by atoms with Crippen molar-refractivity contribution in [3.8, 4) is 0 Å². The molecule has 0 spiro atoms. The molecule has 4 heterocycles. The molecule has 10 nitrogen and oxygen atoms in total. The summed E-state index contributed by atoms with van der Waals surface area (Å²) in [5, 5.41) is 7.83. The fraction of sp³-hybridized carbons (Fsp3) is 0.389. The molecule has 6 rings (SSSR count). The van der Waals surface area contributed by atoms with Crippen LogP contribution in [0.2, 0.25) is 30.1 Å². The molecule has 2 aliphatic rings. The van der Waals surface area contributed by atoms with Crippen LogP contribution in [0.1, 0.15) is 63.0 Å². The molecule has 2 aromatic carbocycles. The summed E-state index contributed by atoms with van der Waals surface area (Å²) in [4.78, 5) is 38.6. The Bertz CT molecular complexity index is 2410.